The Kier molecular flexibility index (Phi) is 2.30. The molecular weight excluding hydrogens is 104 g/mol. The average molecular weight is 115 g/mol. The minimum Gasteiger partial charge on any atom is -0.345 e. The summed E-state index contributed by atoms with van der Waals surface area (Å²) in [6.07, 6.45) is 2.72. The Morgan fingerprint density at radius 3 is 2.38 bits per heavy atom. The molecule has 8 heavy (non-hydrogen) atoms. The molecule has 1 aliphatic rings. The third-order valence-corrected chi connectivity index (χ3v) is 1.10. The van der Waals surface area contributed by atoms with E-state index in [9.17, 15) is 0 Å². The standard InChI is InChI=1S/C6H11O2/c1-2-6-7-4-3-5-8-6/h2-5H2,1H3. The first-order valence-electron chi connectivity index (χ1n) is 3.05. The molecule has 1 saturated heterocycles. The van der Waals surface area contributed by atoms with Crippen LogP contribution in [-0.4, -0.2) is 13.2 Å². The second-order valence-corrected chi connectivity index (χ2v) is 1.78. The molecule has 1 fully saturated rings. The highest BCUT2D eigenvalue weighted by Crippen LogP contribution is 2.14. The van der Waals surface area contributed by atoms with Crippen LogP contribution in [0.4, 0.5) is 0 Å². The van der Waals surface area contributed by atoms with Gasteiger partial charge < -0.3 is 9.47 Å². The lowest BCUT2D eigenvalue weighted by molar-refractivity contribution is -0.0902. The van der Waals surface area contributed by atoms with E-state index in [4.69, 9.17) is 9.47 Å². The maximum absolute atomic E-state index is 5.12. The van der Waals surface area contributed by atoms with Crippen LogP contribution in [0.25, 0.3) is 0 Å². The van der Waals surface area contributed by atoms with Gasteiger partial charge in [-0.25, -0.2) is 0 Å². The van der Waals surface area contributed by atoms with E-state index in [1.165, 1.54) is 0 Å². The first-order valence-corrected chi connectivity index (χ1v) is 3.05. The zero-order valence-corrected chi connectivity index (χ0v) is 5.14. The van der Waals surface area contributed by atoms with Crippen molar-refractivity contribution < 1.29 is 9.47 Å². The van der Waals surface area contributed by atoms with Crippen LogP contribution in [0.15, 0.2) is 0 Å². The molecule has 0 atom stereocenters. The van der Waals surface area contributed by atoms with Gasteiger partial charge in [0.2, 0.25) is 6.29 Å². The fraction of sp³-hybridized carbons (Fsp3) is 0.833. The first-order chi connectivity index (χ1) is 3.93. The first kappa shape index (κ1) is 6.05. The normalized spacial score (nSPS) is 23.6. The van der Waals surface area contributed by atoms with Gasteiger partial charge in [-0.05, 0) is 6.42 Å². The van der Waals surface area contributed by atoms with E-state index < -0.39 is 0 Å². The minimum atomic E-state index is 0.802. The summed E-state index contributed by atoms with van der Waals surface area (Å²) in [6, 6.07) is 0. The van der Waals surface area contributed by atoms with Crippen LogP contribution in [0, 0.1) is 6.29 Å². The van der Waals surface area contributed by atoms with E-state index >= 15 is 0 Å². The number of ether oxygens (including phenoxy) is 2. The highest BCUT2D eigenvalue weighted by atomic mass is 16.7. The number of hydrogen-bond donors (Lipinski definition) is 0. The van der Waals surface area contributed by atoms with Crippen LogP contribution >= 0.6 is 0 Å². The predicted octanol–water partition coefficient (Wildman–Crippen LogP) is 1.32. The van der Waals surface area contributed by atoms with Crippen molar-refractivity contribution in [3.8, 4) is 0 Å². The second kappa shape index (κ2) is 3.05. The molecule has 2 heteroatoms. The molecule has 0 aromatic heterocycles. The minimum absolute atomic E-state index is 0.802. The number of rotatable bonds is 1. The molecule has 1 heterocycles. The van der Waals surface area contributed by atoms with Gasteiger partial charge in [0, 0.05) is 6.42 Å². The van der Waals surface area contributed by atoms with Crippen LogP contribution in [0.5, 0.6) is 0 Å². The van der Waals surface area contributed by atoms with Crippen molar-refractivity contribution in [2.24, 2.45) is 0 Å². The Morgan fingerprint density at radius 1 is 1.38 bits per heavy atom. The monoisotopic (exact) mass is 115 g/mol. The molecule has 0 amide bonds. The SMILES string of the molecule is CC[C]1OCCCO1. The molecule has 0 spiro atoms. The van der Waals surface area contributed by atoms with Crippen LogP contribution in [0.3, 0.4) is 0 Å². The van der Waals surface area contributed by atoms with E-state index in [0.717, 1.165) is 32.3 Å². The average Bonchev–Trinajstić information content (AvgIpc) is 1.90. The van der Waals surface area contributed by atoms with E-state index in [1.807, 2.05) is 6.92 Å². The molecule has 0 saturated carbocycles. The van der Waals surface area contributed by atoms with Gasteiger partial charge in [0.25, 0.3) is 0 Å². The van der Waals surface area contributed by atoms with Gasteiger partial charge in [-0.1, -0.05) is 6.92 Å². The maximum atomic E-state index is 5.12. The molecule has 0 aromatic carbocycles. The largest absolute Gasteiger partial charge is 0.345 e. The van der Waals surface area contributed by atoms with Crippen molar-refractivity contribution in [2.45, 2.75) is 19.8 Å². The summed E-state index contributed by atoms with van der Waals surface area (Å²) >= 11 is 0. The highest BCUT2D eigenvalue weighted by Gasteiger charge is 2.12. The Labute approximate surface area is 49.8 Å². The quantitative estimate of drug-likeness (QED) is 0.513. The van der Waals surface area contributed by atoms with Crippen molar-refractivity contribution >= 4 is 0 Å². The summed E-state index contributed by atoms with van der Waals surface area (Å²) in [6.45, 7) is 3.70. The molecule has 1 radical (unpaired) electrons. The van der Waals surface area contributed by atoms with Gasteiger partial charge in [-0.15, -0.1) is 0 Å². The van der Waals surface area contributed by atoms with Crippen molar-refractivity contribution in [2.75, 3.05) is 13.2 Å². The van der Waals surface area contributed by atoms with E-state index in [2.05, 4.69) is 0 Å². The third kappa shape index (κ3) is 1.46. The Balaban J connectivity index is 2.13. The van der Waals surface area contributed by atoms with Crippen molar-refractivity contribution in [1.29, 1.82) is 0 Å². The fourth-order valence-corrected chi connectivity index (χ4v) is 0.677. The maximum Gasteiger partial charge on any atom is 0.223 e. The zero-order chi connectivity index (χ0) is 5.82. The number of hydrogen-bond acceptors (Lipinski definition) is 2. The molecule has 0 bridgehead atoms. The van der Waals surface area contributed by atoms with Crippen molar-refractivity contribution in [3.05, 3.63) is 6.29 Å². The molecule has 0 aliphatic carbocycles. The molecule has 0 aromatic rings. The van der Waals surface area contributed by atoms with Gasteiger partial charge >= 0.3 is 0 Å². The molecule has 1 rings (SSSR count). The summed E-state index contributed by atoms with van der Waals surface area (Å²) in [4.78, 5) is 0. The lowest BCUT2D eigenvalue weighted by Crippen LogP contribution is -2.16. The molecule has 0 N–H and O–H groups in total. The van der Waals surface area contributed by atoms with Crippen LogP contribution in [0.2, 0.25) is 0 Å². The summed E-state index contributed by atoms with van der Waals surface area (Å²) in [5.74, 6) is 0. The topological polar surface area (TPSA) is 18.5 Å². The fourth-order valence-electron chi connectivity index (χ4n) is 0.677. The van der Waals surface area contributed by atoms with E-state index in [0.29, 0.717) is 0 Å². The smallest absolute Gasteiger partial charge is 0.223 e. The highest BCUT2D eigenvalue weighted by molar-refractivity contribution is 4.64. The summed E-state index contributed by atoms with van der Waals surface area (Å²) in [5.41, 5.74) is 0. The van der Waals surface area contributed by atoms with Crippen molar-refractivity contribution in [1.82, 2.24) is 0 Å². The lowest BCUT2D eigenvalue weighted by atomic mass is 10.4. The molecule has 0 unspecified atom stereocenters. The summed E-state index contributed by atoms with van der Waals surface area (Å²) in [7, 11) is 0. The zero-order valence-electron chi connectivity index (χ0n) is 5.14. The van der Waals surface area contributed by atoms with Gasteiger partial charge in [0.05, 0.1) is 13.2 Å². The van der Waals surface area contributed by atoms with Crippen LogP contribution < -0.4 is 0 Å². The molecule has 2 nitrogen and oxygen atoms in total. The van der Waals surface area contributed by atoms with E-state index in [-0.39, 0.29) is 0 Å². The van der Waals surface area contributed by atoms with Gasteiger partial charge in [-0.2, -0.15) is 0 Å². The molecule has 47 valence electrons. The predicted molar refractivity (Wildman–Crippen MR) is 30.1 cm³/mol. The second-order valence-electron chi connectivity index (χ2n) is 1.78. The van der Waals surface area contributed by atoms with Crippen LogP contribution in [0.1, 0.15) is 19.8 Å². The molecular formula is C6H11O2. The van der Waals surface area contributed by atoms with Crippen LogP contribution in [-0.2, 0) is 9.47 Å². The third-order valence-electron chi connectivity index (χ3n) is 1.10. The Hall–Kier alpha value is -0.0800. The summed E-state index contributed by atoms with van der Waals surface area (Å²) in [5, 5.41) is 0. The van der Waals surface area contributed by atoms with Crippen molar-refractivity contribution in [3.63, 3.8) is 0 Å². The van der Waals surface area contributed by atoms with Gasteiger partial charge in [-0.3, -0.25) is 0 Å². The Morgan fingerprint density at radius 2 is 2.00 bits per heavy atom. The van der Waals surface area contributed by atoms with Gasteiger partial charge in [0.15, 0.2) is 0 Å². The van der Waals surface area contributed by atoms with Gasteiger partial charge in [0.1, 0.15) is 0 Å². The van der Waals surface area contributed by atoms with E-state index in [1.54, 1.807) is 0 Å². The molecule has 1 aliphatic heterocycles. The lowest BCUT2D eigenvalue weighted by Gasteiger charge is -2.19. The summed E-state index contributed by atoms with van der Waals surface area (Å²) < 4.78 is 10.2. The Bertz CT molecular complexity index is 57.5.